The average Bonchev–Trinajstić information content (AvgIpc) is 2.56. The zero-order chi connectivity index (χ0) is 17.7. The summed E-state index contributed by atoms with van der Waals surface area (Å²) in [4.78, 5) is 11.9. The predicted molar refractivity (Wildman–Crippen MR) is 85.7 cm³/mol. The van der Waals surface area contributed by atoms with E-state index in [0.717, 1.165) is 12.3 Å². The lowest BCUT2D eigenvalue weighted by atomic mass is 10.2. The third-order valence-electron chi connectivity index (χ3n) is 2.99. The molecule has 126 valence electrons. The number of nitro groups is 1. The summed E-state index contributed by atoms with van der Waals surface area (Å²) < 4.78 is 29.0. The van der Waals surface area contributed by atoms with Gasteiger partial charge in [0.25, 0.3) is 10.0 Å². The normalized spacial score (nSPS) is 11.4. The van der Waals surface area contributed by atoms with Gasteiger partial charge in [-0.05, 0) is 30.3 Å². The summed E-state index contributed by atoms with van der Waals surface area (Å²) in [6, 6.07) is 9.44. The number of nitro benzene ring substituents is 1. The van der Waals surface area contributed by atoms with Crippen LogP contribution in [0.4, 0.5) is 5.69 Å². The highest BCUT2D eigenvalue weighted by Gasteiger charge is 2.16. The predicted octanol–water partition coefficient (Wildman–Crippen LogP) is 1.62. The van der Waals surface area contributed by atoms with Crippen molar-refractivity contribution in [2.45, 2.75) is 4.90 Å². The van der Waals surface area contributed by atoms with Crippen molar-refractivity contribution in [1.29, 1.82) is 0 Å². The van der Waals surface area contributed by atoms with Gasteiger partial charge in [0.2, 0.25) is 5.75 Å². The van der Waals surface area contributed by atoms with E-state index >= 15 is 0 Å². The number of hydrogen-bond donors (Lipinski definition) is 2. The molecular weight excluding hydrogens is 338 g/mol. The van der Waals surface area contributed by atoms with Gasteiger partial charge in [-0.1, -0.05) is 6.07 Å². The van der Waals surface area contributed by atoms with E-state index in [1.165, 1.54) is 43.5 Å². The Balaban J connectivity index is 2.18. The second-order valence-electron chi connectivity index (χ2n) is 4.50. The van der Waals surface area contributed by atoms with Gasteiger partial charge in [-0.15, -0.1) is 0 Å². The first-order chi connectivity index (χ1) is 11.3. The van der Waals surface area contributed by atoms with E-state index in [2.05, 4.69) is 5.10 Å². The molecule has 0 amide bonds. The van der Waals surface area contributed by atoms with Gasteiger partial charge in [-0.2, -0.15) is 13.5 Å². The van der Waals surface area contributed by atoms with Crippen LogP contribution in [0.1, 0.15) is 5.56 Å². The molecule has 0 aromatic heterocycles. The maximum atomic E-state index is 12.0. The largest absolute Gasteiger partial charge is 0.502 e. The summed E-state index contributed by atoms with van der Waals surface area (Å²) in [5.74, 6) is -0.103. The minimum atomic E-state index is -3.91. The van der Waals surface area contributed by atoms with Crippen LogP contribution >= 0.6 is 0 Å². The molecule has 0 saturated heterocycles. The van der Waals surface area contributed by atoms with Crippen molar-refractivity contribution in [3.63, 3.8) is 0 Å². The lowest BCUT2D eigenvalue weighted by Gasteiger charge is -2.05. The molecular formula is C14H13N3O6S. The lowest BCUT2D eigenvalue weighted by Crippen LogP contribution is -2.18. The first-order valence-electron chi connectivity index (χ1n) is 6.50. The molecule has 0 radical (unpaired) electrons. The zero-order valence-electron chi connectivity index (χ0n) is 12.4. The Labute approximate surface area is 137 Å². The number of phenolic OH excluding ortho intramolecular Hbond substituents is 1. The average molecular weight is 351 g/mol. The van der Waals surface area contributed by atoms with Crippen molar-refractivity contribution in [3.05, 3.63) is 58.1 Å². The van der Waals surface area contributed by atoms with Crippen LogP contribution in [-0.4, -0.2) is 31.8 Å². The number of methoxy groups -OCH3 is 1. The van der Waals surface area contributed by atoms with E-state index in [-0.39, 0.29) is 10.5 Å². The van der Waals surface area contributed by atoms with Gasteiger partial charge >= 0.3 is 5.69 Å². The number of ether oxygens (including phenoxy) is 1. The summed E-state index contributed by atoms with van der Waals surface area (Å²) >= 11 is 0. The number of sulfonamides is 1. The Hall–Kier alpha value is -3.14. The van der Waals surface area contributed by atoms with E-state index in [9.17, 15) is 23.6 Å². The number of hydrogen-bond acceptors (Lipinski definition) is 7. The smallest absolute Gasteiger partial charge is 0.311 e. The number of aromatic hydroxyl groups is 1. The molecule has 2 N–H and O–H groups in total. The van der Waals surface area contributed by atoms with Gasteiger partial charge in [0.05, 0.1) is 23.1 Å². The number of nitrogens with one attached hydrogen (secondary N) is 1. The molecule has 0 aliphatic rings. The van der Waals surface area contributed by atoms with Gasteiger partial charge in [-0.3, -0.25) is 10.1 Å². The summed E-state index contributed by atoms with van der Waals surface area (Å²) in [5, 5.41) is 24.0. The van der Waals surface area contributed by atoms with Crippen molar-refractivity contribution in [3.8, 4) is 11.5 Å². The Morgan fingerprint density at radius 1 is 1.25 bits per heavy atom. The van der Waals surface area contributed by atoms with Gasteiger partial charge in [0, 0.05) is 11.6 Å². The van der Waals surface area contributed by atoms with Crippen molar-refractivity contribution < 1.29 is 23.2 Å². The highest BCUT2D eigenvalue weighted by molar-refractivity contribution is 7.89. The highest BCUT2D eigenvalue weighted by atomic mass is 32.2. The zero-order valence-corrected chi connectivity index (χ0v) is 13.2. The Morgan fingerprint density at radius 3 is 2.50 bits per heavy atom. The van der Waals surface area contributed by atoms with Crippen LogP contribution in [0.2, 0.25) is 0 Å². The molecule has 0 atom stereocenters. The van der Waals surface area contributed by atoms with Crippen LogP contribution in [0.5, 0.6) is 11.5 Å². The third kappa shape index (κ3) is 3.79. The summed E-state index contributed by atoms with van der Waals surface area (Å²) in [6.07, 6.45) is 0.976. The monoisotopic (exact) mass is 351 g/mol. The molecule has 0 aliphatic carbocycles. The molecule has 2 rings (SSSR count). The molecule has 9 nitrogen and oxygen atoms in total. The second-order valence-corrected chi connectivity index (χ2v) is 6.16. The van der Waals surface area contributed by atoms with Crippen LogP contribution in [-0.2, 0) is 10.0 Å². The molecule has 0 aliphatic heterocycles. The van der Waals surface area contributed by atoms with Gasteiger partial charge in [0.1, 0.15) is 5.75 Å². The van der Waals surface area contributed by atoms with E-state index < -0.39 is 26.4 Å². The molecule has 0 heterocycles. The first-order valence-corrected chi connectivity index (χ1v) is 7.99. The van der Waals surface area contributed by atoms with Crippen LogP contribution in [0.15, 0.2) is 52.5 Å². The van der Waals surface area contributed by atoms with E-state index in [0.29, 0.717) is 5.75 Å². The molecule has 2 aromatic rings. The molecule has 24 heavy (non-hydrogen) atoms. The van der Waals surface area contributed by atoms with Crippen molar-refractivity contribution in [2.75, 3.05) is 7.11 Å². The fourth-order valence-electron chi connectivity index (χ4n) is 1.77. The quantitative estimate of drug-likeness (QED) is 0.462. The van der Waals surface area contributed by atoms with Gasteiger partial charge in [0.15, 0.2) is 0 Å². The molecule has 10 heteroatoms. The fraction of sp³-hybridized carbons (Fsp3) is 0.0714. The SMILES string of the molecule is COc1ccc(S(=O)(=O)NN=Cc2cccc([N+](=O)[O-])c2O)cc1. The van der Waals surface area contributed by atoms with Crippen LogP contribution in [0.3, 0.4) is 0 Å². The fourth-order valence-corrected chi connectivity index (χ4v) is 2.56. The number of nitrogens with zero attached hydrogens (tertiary/aromatic N) is 2. The highest BCUT2D eigenvalue weighted by Crippen LogP contribution is 2.27. The second kappa shape index (κ2) is 6.96. The minimum absolute atomic E-state index is 0.00151. The van der Waals surface area contributed by atoms with Crippen molar-refractivity contribution in [1.82, 2.24) is 4.83 Å². The van der Waals surface area contributed by atoms with Crippen LogP contribution in [0.25, 0.3) is 0 Å². The first kappa shape index (κ1) is 17.2. The van der Waals surface area contributed by atoms with E-state index in [1.807, 2.05) is 4.83 Å². The topological polar surface area (TPSA) is 131 Å². The van der Waals surface area contributed by atoms with Crippen molar-refractivity contribution in [2.24, 2.45) is 5.10 Å². The summed E-state index contributed by atoms with van der Waals surface area (Å²) in [6.45, 7) is 0. The summed E-state index contributed by atoms with van der Waals surface area (Å²) in [7, 11) is -2.46. The summed E-state index contributed by atoms with van der Waals surface area (Å²) in [5.41, 5.74) is -0.501. The molecule has 0 saturated carbocycles. The maximum Gasteiger partial charge on any atom is 0.311 e. The number of hydrazone groups is 1. The number of benzene rings is 2. The molecule has 0 fully saturated rings. The maximum absolute atomic E-state index is 12.0. The molecule has 0 spiro atoms. The van der Waals surface area contributed by atoms with Gasteiger partial charge < -0.3 is 9.84 Å². The number of phenols is 1. The van der Waals surface area contributed by atoms with Crippen molar-refractivity contribution >= 4 is 21.9 Å². The van der Waals surface area contributed by atoms with E-state index in [1.54, 1.807) is 0 Å². The Kier molecular flexibility index (Phi) is 4.99. The minimum Gasteiger partial charge on any atom is -0.502 e. The van der Waals surface area contributed by atoms with Crippen LogP contribution < -0.4 is 9.57 Å². The Morgan fingerprint density at radius 2 is 1.92 bits per heavy atom. The van der Waals surface area contributed by atoms with E-state index in [4.69, 9.17) is 4.74 Å². The molecule has 0 bridgehead atoms. The third-order valence-corrected chi connectivity index (χ3v) is 4.23. The Bertz CT molecular complexity index is 878. The van der Waals surface area contributed by atoms with Gasteiger partial charge in [-0.25, -0.2) is 4.83 Å². The molecule has 2 aromatic carbocycles. The number of rotatable bonds is 6. The molecule has 0 unspecified atom stereocenters. The van der Waals surface area contributed by atoms with Crippen LogP contribution in [0, 0.1) is 10.1 Å². The lowest BCUT2D eigenvalue weighted by molar-refractivity contribution is -0.385. The standard InChI is InChI=1S/C14H13N3O6S/c1-23-11-5-7-12(8-6-11)24(21,22)16-15-9-10-3-2-4-13(14(10)18)17(19)20/h2-9,16,18H,1H3. The number of para-hydroxylation sites is 1.